The molecule has 3 aromatic rings. The molecule has 156 valence electrons. The topological polar surface area (TPSA) is 62.7 Å². The van der Waals surface area contributed by atoms with Gasteiger partial charge in [-0.05, 0) is 61.6 Å². The number of rotatable bonds is 5. The van der Waals surface area contributed by atoms with Crippen LogP contribution in [0.4, 0.5) is 0 Å². The molecular weight excluding hydrogens is 376 g/mol. The van der Waals surface area contributed by atoms with Crippen molar-refractivity contribution in [2.24, 2.45) is 5.92 Å². The highest BCUT2D eigenvalue weighted by Crippen LogP contribution is 2.27. The van der Waals surface area contributed by atoms with Crippen LogP contribution in [0.2, 0.25) is 0 Å². The number of aromatic nitrogens is 1. The Morgan fingerprint density at radius 2 is 1.87 bits per heavy atom. The van der Waals surface area contributed by atoms with Gasteiger partial charge in [0.1, 0.15) is 5.75 Å². The van der Waals surface area contributed by atoms with E-state index in [1.54, 1.807) is 4.90 Å². The molecule has 1 N–H and O–H groups in total. The quantitative estimate of drug-likeness (QED) is 0.706. The van der Waals surface area contributed by atoms with Crippen LogP contribution in [0.15, 0.2) is 48.7 Å². The number of β-amino-alcohol motifs (C(OH)–C–C–N with tert-alkyl or cyclic N) is 1. The van der Waals surface area contributed by atoms with Gasteiger partial charge in [0.05, 0.1) is 11.6 Å². The van der Waals surface area contributed by atoms with Gasteiger partial charge in [0.25, 0.3) is 5.91 Å². The molecule has 5 nitrogen and oxygen atoms in total. The molecule has 0 saturated carbocycles. The fraction of sp³-hybridized carbons (Fsp3) is 0.360. The van der Waals surface area contributed by atoms with Crippen molar-refractivity contribution in [3.8, 4) is 5.75 Å². The van der Waals surface area contributed by atoms with Crippen LogP contribution in [-0.4, -0.2) is 46.7 Å². The molecule has 1 fully saturated rings. The monoisotopic (exact) mass is 404 g/mol. The number of likely N-dealkylation sites (tertiary alicyclic amines) is 1. The van der Waals surface area contributed by atoms with E-state index < -0.39 is 6.10 Å². The van der Waals surface area contributed by atoms with Crippen LogP contribution in [-0.2, 0) is 11.2 Å². The Kier molecular flexibility index (Phi) is 5.73. The van der Waals surface area contributed by atoms with Crippen molar-refractivity contribution in [3.63, 3.8) is 0 Å². The maximum atomic E-state index is 12.8. The smallest absolute Gasteiger partial charge is 0.260 e. The van der Waals surface area contributed by atoms with Crippen molar-refractivity contribution >= 4 is 16.8 Å². The van der Waals surface area contributed by atoms with E-state index >= 15 is 0 Å². The number of hydrogen-bond donors (Lipinski definition) is 1. The third-order valence-corrected chi connectivity index (χ3v) is 6.19. The number of aliphatic hydroxyl groups excluding tert-OH is 1. The highest BCUT2D eigenvalue weighted by Gasteiger charge is 2.34. The summed E-state index contributed by atoms with van der Waals surface area (Å²) in [6, 6.07) is 14.1. The fourth-order valence-electron chi connectivity index (χ4n) is 4.25. The summed E-state index contributed by atoms with van der Waals surface area (Å²) in [7, 11) is 0. The molecule has 2 aromatic carbocycles. The summed E-state index contributed by atoms with van der Waals surface area (Å²) in [5, 5.41) is 11.7. The highest BCUT2D eigenvalue weighted by atomic mass is 16.5. The molecule has 0 spiro atoms. The van der Waals surface area contributed by atoms with Crippen LogP contribution >= 0.6 is 0 Å². The predicted octanol–water partition coefficient (Wildman–Crippen LogP) is 3.60. The molecule has 1 aliphatic rings. The first-order chi connectivity index (χ1) is 14.4. The first-order valence-corrected chi connectivity index (χ1v) is 10.4. The Hall–Kier alpha value is -2.92. The number of carbonyl (C=O) groups excluding carboxylic acids is 1. The van der Waals surface area contributed by atoms with E-state index in [0.717, 1.165) is 38.9 Å². The van der Waals surface area contributed by atoms with Crippen molar-refractivity contribution in [1.29, 1.82) is 0 Å². The molecule has 2 heterocycles. The molecule has 1 aliphatic heterocycles. The number of benzene rings is 2. The van der Waals surface area contributed by atoms with E-state index in [-0.39, 0.29) is 18.4 Å². The molecule has 1 amide bonds. The standard InChI is InChI=1S/C25H28N2O3/c1-16-8-9-17(2)25(18(16)3)30-15-24(29)27-13-20(23(28)14-27)12-19-10-11-26-22-7-5-4-6-21(19)22/h4-11,20,23,28H,12-15H2,1-3H3/t20-,23+/m1/s1. The lowest BCUT2D eigenvalue weighted by Crippen LogP contribution is -2.34. The third kappa shape index (κ3) is 4.03. The maximum Gasteiger partial charge on any atom is 0.260 e. The number of aryl methyl sites for hydroxylation is 2. The second-order valence-corrected chi connectivity index (χ2v) is 8.26. The SMILES string of the molecule is Cc1ccc(C)c(OCC(=O)N2C[C@@H](Cc3ccnc4ccccc34)[C@@H](O)C2)c1C. The molecule has 30 heavy (non-hydrogen) atoms. The Morgan fingerprint density at radius 3 is 2.70 bits per heavy atom. The van der Waals surface area contributed by atoms with Crippen LogP contribution in [0.5, 0.6) is 5.75 Å². The molecule has 0 aliphatic carbocycles. The lowest BCUT2D eigenvalue weighted by atomic mass is 9.94. The van der Waals surface area contributed by atoms with Gasteiger partial charge in [0, 0.05) is 30.6 Å². The average molecular weight is 405 g/mol. The number of amides is 1. The Morgan fingerprint density at radius 1 is 1.10 bits per heavy atom. The minimum absolute atomic E-state index is 0.00204. The first kappa shape index (κ1) is 20.4. The molecular formula is C25H28N2O3. The second kappa shape index (κ2) is 8.44. The van der Waals surface area contributed by atoms with Crippen LogP contribution in [0.1, 0.15) is 22.3 Å². The van der Waals surface area contributed by atoms with Crippen molar-refractivity contribution in [3.05, 3.63) is 70.9 Å². The minimum Gasteiger partial charge on any atom is -0.483 e. The molecule has 4 rings (SSSR count). The largest absolute Gasteiger partial charge is 0.483 e. The van der Waals surface area contributed by atoms with Gasteiger partial charge in [-0.15, -0.1) is 0 Å². The van der Waals surface area contributed by atoms with Crippen molar-refractivity contribution in [2.75, 3.05) is 19.7 Å². The lowest BCUT2D eigenvalue weighted by Gasteiger charge is -2.19. The van der Waals surface area contributed by atoms with E-state index in [1.807, 2.05) is 57.3 Å². The van der Waals surface area contributed by atoms with Crippen LogP contribution < -0.4 is 4.74 Å². The van der Waals surface area contributed by atoms with Gasteiger partial charge in [-0.1, -0.05) is 30.3 Å². The predicted molar refractivity (Wildman–Crippen MR) is 118 cm³/mol. The summed E-state index contributed by atoms with van der Waals surface area (Å²) in [5.74, 6) is 0.696. The molecule has 0 bridgehead atoms. The maximum absolute atomic E-state index is 12.8. The number of carbonyl (C=O) groups is 1. The zero-order valence-electron chi connectivity index (χ0n) is 17.8. The summed E-state index contributed by atoms with van der Waals surface area (Å²) >= 11 is 0. The fourth-order valence-corrected chi connectivity index (χ4v) is 4.25. The van der Waals surface area contributed by atoms with Gasteiger partial charge in [-0.3, -0.25) is 9.78 Å². The van der Waals surface area contributed by atoms with Crippen molar-refractivity contribution in [1.82, 2.24) is 9.88 Å². The number of para-hydroxylation sites is 1. The lowest BCUT2D eigenvalue weighted by molar-refractivity contribution is -0.132. The van der Waals surface area contributed by atoms with Gasteiger partial charge in [-0.25, -0.2) is 0 Å². The average Bonchev–Trinajstić information content (AvgIpc) is 3.11. The van der Waals surface area contributed by atoms with Gasteiger partial charge in [0.15, 0.2) is 6.61 Å². The minimum atomic E-state index is -0.539. The van der Waals surface area contributed by atoms with E-state index in [9.17, 15) is 9.90 Å². The van der Waals surface area contributed by atoms with Crippen molar-refractivity contribution in [2.45, 2.75) is 33.3 Å². The number of pyridine rings is 1. The Bertz CT molecular complexity index is 1070. The molecule has 1 aromatic heterocycles. The number of ether oxygens (including phenoxy) is 1. The third-order valence-electron chi connectivity index (χ3n) is 6.19. The zero-order valence-corrected chi connectivity index (χ0v) is 17.8. The van der Waals surface area contributed by atoms with Crippen LogP contribution in [0.25, 0.3) is 10.9 Å². The highest BCUT2D eigenvalue weighted by molar-refractivity contribution is 5.82. The molecule has 1 saturated heterocycles. The van der Waals surface area contributed by atoms with Gasteiger partial charge >= 0.3 is 0 Å². The molecule has 2 atom stereocenters. The number of fused-ring (bicyclic) bond motifs is 1. The van der Waals surface area contributed by atoms with Crippen molar-refractivity contribution < 1.29 is 14.6 Å². The second-order valence-electron chi connectivity index (χ2n) is 8.26. The summed E-state index contributed by atoms with van der Waals surface area (Å²) in [4.78, 5) is 18.9. The number of aliphatic hydroxyl groups is 1. The Labute approximate surface area is 177 Å². The number of nitrogens with zero attached hydrogens (tertiary/aromatic N) is 2. The molecule has 0 radical (unpaired) electrons. The summed E-state index contributed by atoms with van der Waals surface area (Å²) < 4.78 is 5.89. The van der Waals surface area contributed by atoms with Gasteiger partial charge in [0.2, 0.25) is 0 Å². The molecule has 5 heteroatoms. The summed E-state index contributed by atoms with van der Waals surface area (Å²) in [6.07, 6.45) is 1.98. The van der Waals surface area contributed by atoms with Crippen LogP contribution in [0, 0.1) is 26.7 Å². The summed E-state index contributed by atoms with van der Waals surface area (Å²) in [6.45, 7) is 6.90. The summed E-state index contributed by atoms with van der Waals surface area (Å²) in [5.41, 5.74) is 5.33. The van der Waals surface area contributed by atoms with Gasteiger partial charge < -0.3 is 14.7 Å². The zero-order chi connectivity index (χ0) is 21.3. The van der Waals surface area contributed by atoms with E-state index in [4.69, 9.17) is 4.74 Å². The van der Waals surface area contributed by atoms with E-state index in [1.165, 1.54) is 0 Å². The Balaban J connectivity index is 1.41. The number of hydrogen-bond acceptors (Lipinski definition) is 4. The molecule has 0 unspecified atom stereocenters. The van der Waals surface area contributed by atoms with E-state index in [0.29, 0.717) is 19.5 Å². The van der Waals surface area contributed by atoms with Gasteiger partial charge in [-0.2, -0.15) is 0 Å². The first-order valence-electron chi connectivity index (χ1n) is 10.4. The normalized spacial score (nSPS) is 18.7. The van der Waals surface area contributed by atoms with Crippen LogP contribution in [0.3, 0.4) is 0 Å². The van der Waals surface area contributed by atoms with E-state index in [2.05, 4.69) is 17.1 Å².